The van der Waals surface area contributed by atoms with Gasteiger partial charge in [-0.1, -0.05) is 12.8 Å². The Morgan fingerprint density at radius 2 is 1.93 bits per heavy atom. The molecule has 0 spiro atoms. The summed E-state index contributed by atoms with van der Waals surface area (Å²) >= 11 is 0. The van der Waals surface area contributed by atoms with Gasteiger partial charge in [-0.05, 0) is 43.7 Å². The Labute approximate surface area is 167 Å². The summed E-state index contributed by atoms with van der Waals surface area (Å²) in [5.41, 5.74) is 1.26. The third kappa shape index (κ3) is 6.99. The summed E-state index contributed by atoms with van der Waals surface area (Å²) in [5, 5.41) is 20.7. The maximum atomic E-state index is 10.7. The zero-order valence-corrected chi connectivity index (χ0v) is 17.0. The number of nitrogens with one attached hydrogen (secondary N) is 3. The number of aliphatic imine (C=N–C) groups is 1. The molecule has 0 aliphatic heterocycles. The number of rotatable bonds is 11. The number of nitro benzene ring substituents is 1. The van der Waals surface area contributed by atoms with E-state index < -0.39 is 4.92 Å². The minimum absolute atomic E-state index is 0.0958. The highest BCUT2D eigenvalue weighted by molar-refractivity contribution is 5.79. The van der Waals surface area contributed by atoms with Crippen LogP contribution in [0.4, 0.5) is 11.4 Å². The van der Waals surface area contributed by atoms with Crippen molar-refractivity contribution in [3.05, 3.63) is 34.4 Å². The van der Waals surface area contributed by atoms with Gasteiger partial charge in [0.2, 0.25) is 0 Å². The molecule has 156 valence electrons. The van der Waals surface area contributed by atoms with Crippen LogP contribution in [0.5, 0.6) is 0 Å². The van der Waals surface area contributed by atoms with Crippen LogP contribution in [0.2, 0.25) is 0 Å². The molecule has 3 N–H and O–H groups in total. The molecule has 0 amide bonds. The van der Waals surface area contributed by atoms with E-state index in [-0.39, 0.29) is 5.69 Å². The first kappa shape index (κ1) is 21.9. The van der Waals surface area contributed by atoms with Gasteiger partial charge in [0.05, 0.1) is 4.92 Å². The second-order valence-electron chi connectivity index (χ2n) is 7.24. The quantitative estimate of drug-likeness (QED) is 0.176. The molecule has 0 atom stereocenters. The number of hydrogen-bond acceptors (Lipinski definition) is 5. The van der Waals surface area contributed by atoms with Crippen LogP contribution >= 0.6 is 0 Å². The second kappa shape index (κ2) is 11.5. The first-order valence-electron chi connectivity index (χ1n) is 10.1. The van der Waals surface area contributed by atoms with Crippen molar-refractivity contribution in [2.24, 2.45) is 10.4 Å². The molecule has 2 rings (SSSR count). The maximum absolute atomic E-state index is 10.7. The standard InChI is InChI=1S/C20H33N5O3/c1-3-28-15-12-20(10-4-5-11-20)16-24-19(21-2)23-14-13-22-17-6-8-18(9-7-17)25(26)27/h6-9,22H,3-5,10-16H2,1-2H3,(H2,21,23,24). The van der Waals surface area contributed by atoms with Crippen LogP contribution in [0.3, 0.4) is 0 Å². The predicted octanol–water partition coefficient (Wildman–Crippen LogP) is 3.16. The number of benzene rings is 1. The highest BCUT2D eigenvalue weighted by Gasteiger charge is 2.33. The van der Waals surface area contributed by atoms with Gasteiger partial charge in [0.25, 0.3) is 5.69 Å². The lowest BCUT2D eigenvalue weighted by molar-refractivity contribution is -0.384. The summed E-state index contributed by atoms with van der Waals surface area (Å²) in [4.78, 5) is 14.6. The number of ether oxygens (including phenoxy) is 1. The molecule has 0 heterocycles. The van der Waals surface area contributed by atoms with E-state index in [1.165, 1.54) is 37.8 Å². The van der Waals surface area contributed by atoms with Crippen LogP contribution in [-0.4, -0.2) is 50.8 Å². The van der Waals surface area contributed by atoms with Crippen LogP contribution in [0.15, 0.2) is 29.3 Å². The molecular formula is C20H33N5O3. The van der Waals surface area contributed by atoms with Gasteiger partial charge in [-0.2, -0.15) is 0 Å². The highest BCUT2D eigenvalue weighted by atomic mass is 16.6. The van der Waals surface area contributed by atoms with E-state index in [0.29, 0.717) is 18.5 Å². The molecule has 1 saturated carbocycles. The molecule has 0 bridgehead atoms. The normalized spacial score (nSPS) is 16.0. The first-order chi connectivity index (χ1) is 13.6. The second-order valence-corrected chi connectivity index (χ2v) is 7.24. The molecule has 1 aliphatic rings. The largest absolute Gasteiger partial charge is 0.383 e. The predicted molar refractivity (Wildman–Crippen MR) is 113 cm³/mol. The van der Waals surface area contributed by atoms with Gasteiger partial charge < -0.3 is 20.7 Å². The third-order valence-electron chi connectivity index (χ3n) is 5.32. The van der Waals surface area contributed by atoms with E-state index in [1.807, 2.05) is 6.92 Å². The fourth-order valence-electron chi connectivity index (χ4n) is 3.65. The SMILES string of the molecule is CCOCCC1(CNC(=NC)NCCNc2ccc([N+](=O)[O-])cc2)CCCC1. The molecular weight excluding hydrogens is 358 g/mol. The van der Waals surface area contributed by atoms with Crippen molar-refractivity contribution in [2.45, 2.75) is 39.0 Å². The van der Waals surface area contributed by atoms with Crippen molar-refractivity contribution < 1.29 is 9.66 Å². The topological polar surface area (TPSA) is 101 Å². The molecule has 0 saturated heterocycles. The fraction of sp³-hybridized carbons (Fsp3) is 0.650. The molecule has 0 radical (unpaired) electrons. The summed E-state index contributed by atoms with van der Waals surface area (Å²) in [6.07, 6.45) is 6.15. The first-order valence-corrected chi connectivity index (χ1v) is 10.1. The third-order valence-corrected chi connectivity index (χ3v) is 5.32. The Balaban J connectivity index is 1.71. The van der Waals surface area contributed by atoms with Gasteiger partial charge in [0, 0.05) is 57.7 Å². The number of nitro groups is 1. The van der Waals surface area contributed by atoms with Crippen LogP contribution in [0, 0.1) is 15.5 Å². The zero-order chi connectivity index (χ0) is 20.2. The van der Waals surface area contributed by atoms with Crippen molar-refractivity contribution in [1.29, 1.82) is 0 Å². The van der Waals surface area contributed by atoms with Crippen molar-refractivity contribution in [3.63, 3.8) is 0 Å². The summed E-state index contributed by atoms with van der Waals surface area (Å²) in [7, 11) is 1.78. The van der Waals surface area contributed by atoms with E-state index in [4.69, 9.17) is 4.74 Å². The van der Waals surface area contributed by atoms with Crippen LogP contribution in [0.1, 0.15) is 39.0 Å². The van der Waals surface area contributed by atoms with Crippen LogP contribution < -0.4 is 16.0 Å². The van der Waals surface area contributed by atoms with E-state index in [9.17, 15) is 10.1 Å². The molecule has 0 unspecified atom stereocenters. The van der Waals surface area contributed by atoms with Crippen molar-refractivity contribution in [2.75, 3.05) is 45.2 Å². The summed E-state index contributed by atoms with van der Waals surface area (Å²) < 4.78 is 5.58. The zero-order valence-electron chi connectivity index (χ0n) is 17.0. The van der Waals surface area contributed by atoms with Crippen molar-refractivity contribution >= 4 is 17.3 Å². The van der Waals surface area contributed by atoms with Gasteiger partial charge in [0.1, 0.15) is 0 Å². The van der Waals surface area contributed by atoms with E-state index in [2.05, 4.69) is 20.9 Å². The lowest BCUT2D eigenvalue weighted by atomic mass is 9.83. The lowest BCUT2D eigenvalue weighted by Gasteiger charge is -2.30. The number of guanidine groups is 1. The van der Waals surface area contributed by atoms with Crippen molar-refractivity contribution in [1.82, 2.24) is 10.6 Å². The Morgan fingerprint density at radius 1 is 1.21 bits per heavy atom. The molecule has 0 aromatic heterocycles. The van der Waals surface area contributed by atoms with Gasteiger partial charge in [-0.25, -0.2) is 0 Å². The fourth-order valence-corrected chi connectivity index (χ4v) is 3.65. The molecule has 1 aromatic carbocycles. The maximum Gasteiger partial charge on any atom is 0.269 e. The number of nitrogens with zero attached hydrogens (tertiary/aromatic N) is 2. The van der Waals surface area contributed by atoms with Crippen LogP contribution in [0.25, 0.3) is 0 Å². The monoisotopic (exact) mass is 391 g/mol. The minimum atomic E-state index is -0.396. The number of hydrogen-bond donors (Lipinski definition) is 3. The van der Waals surface area contributed by atoms with Gasteiger partial charge >= 0.3 is 0 Å². The minimum Gasteiger partial charge on any atom is -0.383 e. The van der Waals surface area contributed by atoms with Crippen LogP contribution in [-0.2, 0) is 4.74 Å². The molecule has 28 heavy (non-hydrogen) atoms. The number of anilines is 1. The highest BCUT2D eigenvalue weighted by Crippen LogP contribution is 2.40. The summed E-state index contributed by atoms with van der Waals surface area (Å²) in [5.74, 6) is 0.799. The van der Waals surface area contributed by atoms with Gasteiger partial charge in [-0.3, -0.25) is 15.1 Å². The molecule has 1 aliphatic carbocycles. The Kier molecular flexibility index (Phi) is 9.00. The smallest absolute Gasteiger partial charge is 0.269 e. The average molecular weight is 392 g/mol. The van der Waals surface area contributed by atoms with Crippen molar-refractivity contribution in [3.8, 4) is 0 Å². The van der Waals surface area contributed by atoms with E-state index in [1.54, 1.807) is 19.2 Å². The van der Waals surface area contributed by atoms with Gasteiger partial charge in [0.15, 0.2) is 5.96 Å². The Bertz CT molecular complexity index is 627. The Morgan fingerprint density at radius 3 is 2.54 bits per heavy atom. The summed E-state index contributed by atoms with van der Waals surface area (Å²) in [6, 6.07) is 6.43. The lowest BCUT2D eigenvalue weighted by Crippen LogP contribution is -2.44. The number of non-ortho nitro benzene ring substituents is 1. The molecule has 8 nitrogen and oxygen atoms in total. The van der Waals surface area contributed by atoms with Gasteiger partial charge in [-0.15, -0.1) is 0 Å². The van der Waals surface area contributed by atoms with E-state index >= 15 is 0 Å². The Hall–Kier alpha value is -2.35. The average Bonchev–Trinajstić information content (AvgIpc) is 3.17. The molecule has 8 heteroatoms. The van der Waals surface area contributed by atoms with E-state index in [0.717, 1.165) is 37.8 Å². The molecule has 1 fully saturated rings. The molecule has 1 aromatic rings. The summed E-state index contributed by atoms with van der Waals surface area (Å²) in [6.45, 7) is 5.93.